The van der Waals surface area contributed by atoms with E-state index in [0.29, 0.717) is 0 Å². The smallest absolute Gasteiger partial charge is 0.111 e. The molecule has 2 aromatic rings. The molecule has 0 aliphatic heterocycles. The summed E-state index contributed by atoms with van der Waals surface area (Å²) in [6.45, 7) is 5.98. The maximum absolute atomic E-state index is 9.09. The number of rotatable bonds is 1. The van der Waals surface area contributed by atoms with Crippen molar-refractivity contribution < 1.29 is 0 Å². The molecule has 2 aromatic heterocycles. The summed E-state index contributed by atoms with van der Waals surface area (Å²) in [6, 6.07) is 4.34. The third kappa shape index (κ3) is 1.78. The second-order valence-electron chi connectivity index (χ2n) is 4.13. The van der Waals surface area contributed by atoms with Crippen molar-refractivity contribution in [3.05, 3.63) is 23.7 Å². The van der Waals surface area contributed by atoms with Crippen LogP contribution in [0.5, 0.6) is 0 Å². The molecule has 88 valence electrons. The van der Waals surface area contributed by atoms with Crippen molar-refractivity contribution in [3.8, 4) is 6.07 Å². The lowest BCUT2D eigenvalue weighted by Gasteiger charge is -2.03. The van der Waals surface area contributed by atoms with Crippen LogP contribution >= 0.6 is 0 Å². The lowest BCUT2D eigenvalue weighted by Crippen LogP contribution is -2.04. The Kier molecular flexibility index (Phi) is 2.84. The van der Waals surface area contributed by atoms with Gasteiger partial charge < -0.3 is 0 Å². The van der Waals surface area contributed by atoms with E-state index < -0.39 is 0 Å². The van der Waals surface area contributed by atoms with Gasteiger partial charge in [0, 0.05) is 11.1 Å². The molecule has 0 unspecified atom stereocenters. The molecule has 0 atom stereocenters. The van der Waals surface area contributed by atoms with Crippen LogP contribution in [0.3, 0.4) is 0 Å². The molecular weight excluding hydrogens is 212 g/mol. The number of nitrogens with one attached hydrogen (secondary N) is 1. The minimum atomic E-state index is -0.308. The number of hydrogen-bond donors (Lipinski definition) is 1. The Hall–Kier alpha value is -1.89. The minimum Gasteiger partial charge on any atom is -0.282 e. The van der Waals surface area contributed by atoms with E-state index in [1.54, 1.807) is 6.20 Å². The fourth-order valence-corrected chi connectivity index (χ4v) is 1.85. The van der Waals surface area contributed by atoms with Crippen LogP contribution in [0, 0.1) is 18.3 Å². The third-order valence-corrected chi connectivity index (χ3v) is 3.09. The molecule has 0 saturated heterocycles. The molecule has 3 rings (SSSR count). The van der Waals surface area contributed by atoms with Crippen LogP contribution < -0.4 is 0 Å². The average molecular weight is 228 g/mol. The molecule has 4 nitrogen and oxygen atoms in total. The molecule has 1 aliphatic rings. The van der Waals surface area contributed by atoms with Crippen LogP contribution in [-0.4, -0.2) is 15.2 Å². The standard InChI is InChI=1S/C11H10N4.C2H6/c1-7-8-4-10(11(6-12)2-3-11)13-5-9(8)15-14-7;1-2/h4-5H,2-3H2,1H3,(H,14,15);1-2H3. The number of aromatic amines is 1. The first kappa shape index (κ1) is 11.6. The highest BCUT2D eigenvalue weighted by atomic mass is 15.1. The fourth-order valence-electron chi connectivity index (χ4n) is 1.85. The zero-order valence-electron chi connectivity index (χ0n) is 10.4. The Morgan fingerprint density at radius 1 is 1.41 bits per heavy atom. The van der Waals surface area contributed by atoms with E-state index in [-0.39, 0.29) is 5.41 Å². The molecule has 0 aromatic carbocycles. The predicted octanol–water partition coefficient (Wildman–Crippen LogP) is 2.85. The summed E-state index contributed by atoms with van der Waals surface area (Å²) >= 11 is 0. The van der Waals surface area contributed by atoms with Gasteiger partial charge in [-0.1, -0.05) is 13.8 Å². The third-order valence-electron chi connectivity index (χ3n) is 3.09. The van der Waals surface area contributed by atoms with Gasteiger partial charge in [-0.25, -0.2) is 0 Å². The van der Waals surface area contributed by atoms with E-state index in [1.165, 1.54) is 0 Å². The van der Waals surface area contributed by atoms with Crippen LogP contribution in [0.4, 0.5) is 0 Å². The highest BCUT2D eigenvalue weighted by Gasteiger charge is 2.46. The van der Waals surface area contributed by atoms with Gasteiger partial charge in [0.1, 0.15) is 5.52 Å². The summed E-state index contributed by atoms with van der Waals surface area (Å²) < 4.78 is 0. The normalized spacial score (nSPS) is 15.9. The van der Waals surface area contributed by atoms with Gasteiger partial charge in [0.2, 0.25) is 0 Å². The van der Waals surface area contributed by atoms with Gasteiger partial charge in [-0.05, 0) is 25.8 Å². The zero-order chi connectivity index (χ0) is 12.5. The highest BCUT2D eigenvalue weighted by Crippen LogP contribution is 2.47. The van der Waals surface area contributed by atoms with Gasteiger partial charge in [0.15, 0.2) is 0 Å². The molecule has 1 fully saturated rings. The molecule has 0 amide bonds. The fraction of sp³-hybridized carbons (Fsp3) is 0.462. The monoisotopic (exact) mass is 228 g/mol. The number of fused-ring (bicyclic) bond motifs is 1. The van der Waals surface area contributed by atoms with Crippen molar-refractivity contribution in [2.24, 2.45) is 0 Å². The van der Waals surface area contributed by atoms with Gasteiger partial charge in [0.05, 0.1) is 23.4 Å². The van der Waals surface area contributed by atoms with E-state index in [0.717, 1.165) is 35.1 Å². The van der Waals surface area contributed by atoms with Gasteiger partial charge in [-0.3, -0.25) is 10.1 Å². The van der Waals surface area contributed by atoms with Gasteiger partial charge >= 0.3 is 0 Å². The molecule has 0 bridgehead atoms. The number of aryl methyl sites for hydroxylation is 1. The molecule has 1 N–H and O–H groups in total. The second-order valence-corrected chi connectivity index (χ2v) is 4.13. The Balaban J connectivity index is 0.000000514. The Morgan fingerprint density at radius 3 is 2.71 bits per heavy atom. The van der Waals surface area contributed by atoms with Crippen molar-refractivity contribution in [2.45, 2.75) is 39.0 Å². The number of hydrogen-bond acceptors (Lipinski definition) is 3. The van der Waals surface area contributed by atoms with Gasteiger partial charge in [-0.15, -0.1) is 0 Å². The molecule has 1 saturated carbocycles. The topological polar surface area (TPSA) is 65.4 Å². The van der Waals surface area contributed by atoms with Crippen molar-refractivity contribution in [1.29, 1.82) is 5.26 Å². The van der Waals surface area contributed by atoms with Gasteiger partial charge in [0.25, 0.3) is 0 Å². The van der Waals surface area contributed by atoms with E-state index in [2.05, 4.69) is 21.3 Å². The summed E-state index contributed by atoms with van der Waals surface area (Å²) in [5.74, 6) is 0. The summed E-state index contributed by atoms with van der Waals surface area (Å²) in [5.41, 5.74) is 2.48. The first-order valence-corrected chi connectivity index (χ1v) is 5.98. The van der Waals surface area contributed by atoms with Gasteiger partial charge in [-0.2, -0.15) is 10.4 Å². The van der Waals surface area contributed by atoms with Crippen molar-refractivity contribution >= 4 is 10.9 Å². The summed E-state index contributed by atoms with van der Waals surface area (Å²) in [6.07, 6.45) is 3.60. The van der Waals surface area contributed by atoms with E-state index in [9.17, 15) is 0 Å². The molecule has 0 spiro atoms. The van der Waals surface area contributed by atoms with E-state index in [4.69, 9.17) is 5.26 Å². The predicted molar refractivity (Wildman–Crippen MR) is 66.5 cm³/mol. The van der Waals surface area contributed by atoms with Crippen molar-refractivity contribution in [3.63, 3.8) is 0 Å². The van der Waals surface area contributed by atoms with Crippen LogP contribution in [0.1, 0.15) is 38.1 Å². The van der Waals surface area contributed by atoms with Crippen molar-refractivity contribution in [1.82, 2.24) is 15.2 Å². The molecule has 2 heterocycles. The quantitative estimate of drug-likeness (QED) is 0.816. The van der Waals surface area contributed by atoms with Crippen LogP contribution in [0.25, 0.3) is 10.9 Å². The van der Waals surface area contributed by atoms with Crippen LogP contribution in [0.15, 0.2) is 12.3 Å². The number of nitrogens with zero attached hydrogens (tertiary/aromatic N) is 3. The number of H-pyrrole nitrogens is 1. The van der Waals surface area contributed by atoms with E-state index in [1.807, 2.05) is 26.8 Å². The number of aromatic nitrogens is 3. The Labute approximate surface area is 101 Å². The summed E-state index contributed by atoms with van der Waals surface area (Å²) in [7, 11) is 0. The molecule has 4 heteroatoms. The summed E-state index contributed by atoms with van der Waals surface area (Å²) in [4.78, 5) is 4.32. The number of nitriles is 1. The lowest BCUT2D eigenvalue weighted by molar-refractivity contribution is 0.858. The second kappa shape index (κ2) is 4.17. The summed E-state index contributed by atoms with van der Waals surface area (Å²) in [5, 5.41) is 17.2. The first-order valence-electron chi connectivity index (χ1n) is 5.98. The minimum absolute atomic E-state index is 0.308. The Bertz CT molecular complexity index is 573. The van der Waals surface area contributed by atoms with Crippen LogP contribution in [0.2, 0.25) is 0 Å². The van der Waals surface area contributed by atoms with E-state index >= 15 is 0 Å². The zero-order valence-corrected chi connectivity index (χ0v) is 10.4. The average Bonchev–Trinajstić information content (AvgIpc) is 3.12. The SMILES string of the molecule is CC.Cc1[nH]nc2cnc(C3(C#N)CC3)cc12. The maximum Gasteiger partial charge on any atom is 0.111 e. The molecule has 0 radical (unpaired) electrons. The highest BCUT2D eigenvalue weighted by molar-refractivity contribution is 5.81. The molecule has 1 aliphatic carbocycles. The molecule has 17 heavy (non-hydrogen) atoms. The maximum atomic E-state index is 9.09. The lowest BCUT2D eigenvalue weighted by atomic mass is 10.0. The number of pyridine rings is 1. The largest absolute Gasteiger partial charge is 0.282 e. The molecular formula is C13H16N4. The van der Waals surface area contributed by atoms with Crippen molar-refractivity contribution in [2.75, 3.05) is 0 Å². The first-order chi connectivity index (χ1) is 8.25. The Morgan fingerprint density at radius 2 is 2.12 bits per heavy atom. The van der Waals surface area contributed by atoms with Crippen LogP contribution in [-0.2, 0) is 5.41 Å².